The second kappa shape index (κ2) is 12.7. The molecule has 0 unspecified atom stereocenters. The molecule has 0 rings (SSSR count). The Labute approximate surface area is 159 Å². The number of hydrogen-bond donors (Lipinski definition) is 2. The largest absolute Gasteiger partial charge is 0.471 e. The van der Waals surface area contributed by atoms with Gasteiger partial charge < -0.3 is 20.5 Å². The molecule has 0 aromatic carbocycles. The summed E-state index contributed by atoms with van der Waals surface area (Å²) in [5.74, 6) is 0.378. The predicted molar refractivity (Wildman–Crippen MR) is 107 cm³/mol. The van der Waals surface area contributed by atoms with Gasteiger partial charge in [0.15, 0.2) is 0 Å². The van der Waals surface area contributed by atoms with Crippen LogP contribution in [0.5, 0.6) is 0 Å². The minimum absolute atomic E-state index is 0.0531. The minimum Gasteiger partial charge on any atom is -0.471 e. The molecule has 0 aliphatic rings. The average molecular weight is 373 g/mol. The zero-order valence-corrected chi connectivity index (χ0v) is 18.1. The Morgan fingerprint density at radius 3 is 2.04 bits per heavy atom. The fourth-order valence-corrected chi connectivity index (χ4v) is 2.94. The van der Waals surface area contributed by atoms with Gasteiger partial charge in [-0.3, -0.25) is 4.79 Å². The first-order chi connectivity index (χ1) is 11.8. The first kappa shape index (κ1) is 26.7. The second-order valence-corrected chi connectivity index (χ2v) is 8.60. The van der Waals surface area contributed by atoms with Crippen LogP contribution in [0.4, 0.5) is 0 Å². The summed E-state index contributed by atoms with van der Waals surface area (Å²) in [6.07, 6.45) is 4.66. The van der Waals surface area contributed by atoms with Gasteiger partial charge in [-0.15, -0.1) is 0 Å². The molecule has 0 saturated carbocycles. The third-order valence-electron chi connectivity index (χ3n) is 3.57. The fourth-order valence-electron chi connectivity index (χ4n) is 2.94. The summed E-state index contributed by atoms with van der Waals surface area (Å²) in [5, 5.41) is 3.31. The van der Waals surface area contributed by atoms with Crippen molar-refractivity contribution < 1.29 is 19.1 Å². The molecular weight excluding hydrogens is 332 g/mol. The van der Waals surface area contributed by atoms with Crippen LogP contribution >= 0.6 is 0 Å². The Bertz CT molecular complexity index is 438. The first-order valence-corrected chi connectivity index (χ1v) is 9.04. The van der Waals surface area contributed by atoms with Crippen LogP contribution in [-0.2, 0) is 19.1 Å². The van der Waals surface area contributed by atoms with Gasteiger partial charge in [-0.25, -0.2) is 4.79 Å². The van der Waals surface area contributed by atoms with Gasteiger partial charge in [-0.05, 0) is 51.4 Å². The lowest BCUT2D eigenvalue weighted by atomic mass is 9.76. The van der Waals surface area contributed by atoms with Crippen molar-refractivity contribution in [1.82, 2.24) is 5.32 Å². The molecule has 26 heavy (non-hydrogen) atoms. The molecule has 0 saturated heterocycles. The van der Waals surface area contributed by atoms with E-state index in [1.54, 1.807) is 0 Å². The molecule has 0 amide bonds. The van der Waals surface area contributed by atoms with Crippen LogP contribution in [0.15, 0.2) is 11.8 Å². The van der Waals surface area contributed by atoms with Crippen LogP contribution in [0.25, 0.3) is 0 Å². The molecule has 0 aromatic rings. The van der Waals surface area contributed by atoms with Gasteiger partial charge in [0.2, 0.25) is 0 Å². The average Bonchev–Trinajstić information content (AvgIpc) is 2.49. The van der Waals surface area contributed by atoms with E-state index in [1.165, 1.54) is 14.2 Å². The van der Waals surface area contributed by atoms with Crippen molar-refractivity contribution in [3.8, 4) is 0 Å². The van der Waals surface area contributed by atoms with Gasteiger partial charge in [-0.2, -0.15) is 0 Å². The maximum atomic E-state index is 12.1. The highest BCUT2D eigenvalue weighted by Crippen LogP contribution is 2.32. The normalized spacial score (nSPS) is 13.4. The van der Waals surface area contributed by atoms with Crippen molar-refractivity contribution in [2.24, 2.45) is 17.1 Å². The summed E-state index contributed by atoms with van der Waals surface area (Å²) in [6, 6.07) is -0.342. The zero-order valence-electron chi connectivity index (χ0n) is 18.1. The lowest BCUT2D eigenvalue weighted by Crippen LogP contribution is -2.43. The van der Waals surface area contributed by atoms with Gasteiger partial charge in [0.05, 0.1) is 14.2 Å². The lowest BCUT2D eigenvalue weighted by molar-refractivity contribution is -0.143. The molecule has 6 nitrogen and oxygen atoms in total. The molecular formula is C20H40N2O4. The third kappa shape index (κ3) is 15.9. The smallest absolute Gasteiger partial charge is 0.328 e. The topological polar surface area (TPSA) is 90.7 Å². The van der Waals surface area contributed by atoms with Crippen molar-refractivity contribution in [2.45, 2.75) is 79.3 Å². The van der Waals surface area contributed by atoms with Crippen molar-refractivity contribution in [3.05, 3.63) is 11.8 Å². The molecule has 0 bridgehead atoms. The number of hydrogen-bond acceptors (Lipinski definition) is 6. The van der Waals surface area contributed by atoms with E-state index in [9.17, 15) is 4.79 Å². The summed E-state index contributed by atoms with van der Waals surface area (Å²) >= 11 is 0. The number of ether oxygens (including phenoxy) is 2. The van der Waals surface area contributed by atoms with Crippen molar-refractivity contribution in [3.63, 3.8) is 0 Å². The highest BCUT2D eigenvalue weighted by molar-refractivity contribution is 5.76. The van der Waals surface area contributed by atoms with Gasteiger partial charge >= 0.3 is 5.97 Å². The molecule has 3 N–H and O–H groups in total. The molecule has 0 fully saturated rings. The molecule has 1 atom stereocenters. The van der Waals surface area contributed by atoms with Crippen LogP contribution < -0.4 is 11.1 Å². The molecule has 0 radical (unpaired) electrons. The van der Waals surface area contributed by atoms with Crippen molar-refractivity contribution in [1.29, 1.82) is 0 Å². The minimum atomic E-state index is -0.342. The Kier molecular flexibility index (Phi) is 13.1. The molecule has 0 spiro atoms. The Balaban J connectivity index is 0. The number of allylic oxidation sites excluding steroid dienone is 2. The Morgan fingerprint density at radius 2 is 1.69 bits per heavy atom. The molecule has 0 aliphatic carbocycles. The summed E-state index contributed by atoms with van der Waals surface area (Å²) < 4.78 is 8.82. The number of methoxy groups -OCH3 is 2. The highest BCUT2D eigenvalue weighted by atomic mass is 16.5. The third-order valence-corrected chi connectivity index (χ3v) is 3.57. The monoisotopic (exact) mass is 372 g/mol. The zero-order chi connectivity index (χ0) is 21.0. The molecule has 0 heterocycles. The van der Waals surface area contributed by atoms with E-state index >= 15 is 0 Å². The van der Waals surface area contributed by atoms with E-state index in [0.29, 0.717) is 18.8 Å². The lowest BCUT2D eigenvalue weighted by Gasteiger charge is -2.35. The molecule has 0 aliphatic heterocycles. The van der Waals surface area contributed by atoms with E-state index in [0.717, 1.165) is 18.5 Å². The van der Waals surface area contributed by atoms with E-state index < -0.39 is 0 Å². The fraction of sp³-hybridized carbons (Fsp3) is 0.800. The number of carbonyl (C=O) groups excluding carboxylic acids is 2. The molecule has 0 aromatic heterocycles. The number of nitrogens with two attached hydrogens (primary N) is 1. The summed E-state index contributed by atoms with van der Waals surface area (Å²) in [7, 11) is 2.75. The van der Waals surface area contributed by atoms with Crippen molar-refractivity contribution in [2.75, 3.05) is 14.2 Å². The van der Waals surface area contributed by atoms with Crippen LogP contribution in [0.2, 0.25) is 0 Å². The van der Waals surface area contributed by atoms with Gasteiger partial charge in [0, 0.05) is 11.2 Å². The van der Waals surface area contributed by atoms with E-state index in [-0.39, 0.29) is 23.0 Å². The number of carbonyl (C=O) groups is 2. The molecule has 6 heteroatoms. The standard InChI is InChI=1S/C18H36N2O2.C2H4O2/c1-13(2)9-10-14(3)20-15(16(21)22-8)11-17(4,5)12-18(6,7)19;1-4-2-3/h10,13,15,20H,9,11-12,19H2,1-8H3;2H,1H3/b14-10+;/t15-;/m0./s1. The number of nitrogens with one attached hydrogen (secondary N) is 1. The SMILES string of the molecule is COC(=O)[C@H](CC(C)(C)CC(C)(C)N)N/C(C)=C/CC(C)C.COC=O. The summed E-state index contributed by atoms with van der Waals surface area (Å²) in [4.78, 5) is 21.0. The number of rotatable bonds is 10. The first-order valence-electron chi connectivity index (χ1n) is 9.04. The van der Waals surface area contributed by atoms with Crippen LogP contribution in [-0.4, -0.2) is 38.2 Å². The van der Waals surface area contributed by atoms with Gasteiger partial charge in [0.1, 0.15) is 6.04 Å². The predicted octanol–water partition coefficient (Wildman–Crippen LogP) is 3.40. The van der Waals surface area contributed by atoms with Crippen LogP contribution in [0, 0.1) is 11.3 Å². The van der Waals surface area contributed by atoms with E-state index in [2.05, 4.69) is 43.8 Å². The second-order valence-electron chi connectivity index (χ2n) is 8.60. The number of esters is 1. The molecule has 154 valence electrons. The van der Waals surface area contributed by atoms with Gasteiger partial charge in [0.25, 0.3) is 6.47 Å². The van der Waals surface area contributed by atoms with E-state index in [1.807, 2.05) is 20.8 Å². The van der Waals surface area contributed by atoms with E-state index in [4.69, 9.17) is 15.3 Å². The van der Waals surface area contributed by atoms with Gasteiger partial charge in [-0.1, -0.05) is 33.8 Å². The van der Waals surface area contributed by atoms with Crippen LogP contribution in [0.1, 0.15) is 67.7 Å². The quantitative estimate of drug-likeness (QED) is 0.451. The Morgan fingerprint density at radius 1 is 1.19 bits per heavy atom. The maximum Gasteiger partial charge on any atom is 0.328 e. The van der Waals surface area contributed by atoms with Crippen molar-refractivity contribution >= 4 is 12.4 Å². The van der Waals surface area contributed by atoms with Crippen LogP contribution in [0.3, 0.4) is 0 Å². The highest BCUT2D eigenvalue weighted by Gasteiger charge is 2.32. The summed E-state index contributed by atoms with van der Waals surface area (Å²) in [5.41, 5.74) is 6.85. The Hall–Kier alpha value is -1.56. The summed E-state index contributed by atoms with van der Waals surface area (Å²) in [6.45, 7) is 15.0. The maximum absolute atomic E-state index is 12.1.